The van der Waals surface area contributed by atoms with Crippen LogP contribution in [0.2, 0.25) is 0 Å². The molecular formula is C19H19F3N2O2. The van der Waals surface area contributed by atoms with Crippen molar-refractivity contribution in [3.8, 4) is 0 Å². The number of anilines is 1. The maximum atomic E-state index is 13.2. The number of hydrogen-bond donors (Lipinski definition) is 1. The van der Waals surface area contributed by atoms with Gasteiger partial charge in [-0.1, -0.05) is 30.3 Å². The SMILES string of the molecule is Nc1ccc(C(=O)N2CC[C@H](OCc3ccccc3)C2)c(C(F)(F)F)c1. The van der Waals surface area contributed by atoms with Crippen molar-refractivity contribution in [3.05, 3.63) is 65.2 Å². The lowest BCUT2D eigenvalue weighted by Gasteiger charge is -2.20. The number of carbonyl (C=O) groups is 1. The minimum Gasteiger partial charge on any atom is -0.399 e. The molecule has 1 atom stereocenters. The average Bonchev–Trinajstić information content (AvgIpc) is 3.08. The second-order valence-electron chi connectivity index (χ2n) is 6.26. The molecule has 0 radical (unpaired) electrons. The van der Waals surface area contributed by atoms with Crippen LogP contribution in [-0.4, -0.2) is 30.0 Å². The molecule has 0 bridgehead atoms. The zero-order valence-corrected chi connectivity index (χ0v) is 14.0. The molecule has 7 heteroatoms. The average molecular weight is 364 g/mol. The van der Waals surface area contributed by atoms with Crippen molar-refractivity contribution in [1.29, 1.82) is 0 Å². The van der Waals surface area contributed by atoms with Crippen LogP contribution in [0, 0.1) is 0 Å². The molecule has 1 fully saturated rings. The number of nitrogen functional groups attached to an aromatic ring is 1. The van der Waals surface area contributed by atoms with Gasteiger partial charge in [0.15, 0.2) is 0 Å². The molecule has 2 N–H and O–H groups in total. The van der Waals surface area contributed by atoms with Crippen LogP contribution in [-0.2, 0) is 17.5 Å². The van der Waals surface area contributed by atoms with Crippen molar-refractivity contribution in [2.24, 2.45) is 0 Å². The van der Waals surface area contributed by atoms with E-state index in [0.29, 0.717) is 19.6 Å². The van der Waals surface area contributed by atoms with Crippen LogP contribution in [0.3, 0.4) is 0 Å². The molecule has 2 aromatic carbocycles. The topological polar surface area (TPSA) is 55.6 Å². The zero-order valence-electron chi connectivity index (χ0n) is 14.0. The Morgan fingerprint density at radius 1 is 1.19 bits per heavy atom. The molecule has 0 aromatic heterocycles. The smallest absolute Gasteiger partial charge is 0.399 e. The summed E-state index contributed by atoms with van der Waals surface area (Å²) in [4.78, 5) is 14.0. The highest BCUT2D eigenvalue weighted by Crippen LogP contribution is 2.34. The Morgan fingerprint density at radius 3 is 2.62 bits per heavy atom. The van der Waals surface area contributed by atoms with Gasteiger partial charge in [-0.3, -0.25) is 4.79 Å². The van der Waals surface area contributed by atoms with Crippen LogP contribution in [0.25, 0.3) is 0 Å². The number of rotatable bonds is 4. The summed E-state index contributed by atoms with van der Waals surface area (Å²) >= 11 is 0. The minimum absolute atomic E-state index is 0.0284. The van der Waals surface area contributed by atoms with Gasteiger partial charge in [-0.2, -0.15) is 13.2 Å². The van der Waals surface area contributed by atoms with Gasteiger partial charge >= 0.3 is 6.18 Å². The molecule has 1 aliphatic heterocycles. The van der Waals surface area contributed by atoms with Gasteiger partial charge in [0.25, 0.3) is 5.91 Å². The van der Waals surface area contributed by atoms with Crippen LogP contribution < -0.4 is 5.73 Å². The van der Waals surface area contributed by atoms with E-state index in [4.69, 9.17) is 10.5 Å². The van der Waals surface area contributed by atoms with Crippen molar-refractivity contribution in [3.63, 3.8) is 0 Å². The number of halogens is 3. The highest BCUT2D eigenvalue weighted by atomic mass is 19.4. The van der Waals surface area contributed by atoms with Gasteiger partial charge < -0.3 is 15.4 Å². The molecule has 0 spiro atoms. The molecule has 0 saturated carbocycles. The first-order valence-corrected chi connectivity index (χ1v) is 8.26. The molecule has 26 heavy (non-hydrogen) atoms. The van der Waals surface area contributed by atoms with Gasteiger partial charge in [0, 0.05) is 18.8 Å². The molecule has 138 valence electrons. The first-order chi connectivity index (χ1) is 12.3. The fourth-order valence-electron chi connectivity index (χ4n) is 2.99. The number of benzene rings is 2. The lowest BCUT2D eigenvalue weighted by molar-refractivity contribution is -0.138. The van der Waals surface area contributed by atoms with E-state index in [1.807, 2.05) is 30.3 Å². The van der Waals surface area contributed by atoms with Gasteiger partial charge in [0.2, 0.25) is 0 Å². The molecule has 1 heterocycles. The number of nitrogens with two attached hydrogens (primary N) is 1. The number of ether oxygens (including phenoxy) is 1. The quantitative estimate of drug-likeness (QED) is 0.842. The summed E-state index contributed by atoms with van der Waals surface area (Å²) in [6.45, 7) is 1.04. The predicted octanol–water partition coefficient (Wildman–Crippen LogP) is 3.72. The Bertz CT molecular complexity index is 778. The van der Waals surface area contributed by atoms with Crippen molar-refractivity contribution in [1.82, 2.24) is 4.90 Å². The summed E-state index contributed by atoms with van der Waals surface area (Å²) < 4.78 is 45.4. The number of likely N-dealkylation sites (tertiary alicyclic amines) is 1. The number of hydrogen-bond acceptors (Lipinski definition) is 3. The maximum Gasteiger partial charge on any atom is 0.417 e. The fourth-order valence-corrected chi connectivity index (χ4v) is 2.99. The van der Waals surface area contributed by atoms with Gasteiger partial charge in [0.1, 0.15) is 0 Å². The lowest BCUT2D eigenvalue weighted by Crippen LogP contribution is -2.31. The Hall–Kier alpha value is -2.54. The first kappa shape index (κ1) is 18.3. The van der Waals surface area contributed by atoms with E-state index < -0.39 is 17.6 Å². The Morgan fingerprint density at radius 2 is 1.92 bits per heavy atom. The normalized spacial score (nSPS) is 17.5. The van der Waals surface area contributed by atoms with E-state index in [1.165, 1.54) is 11.0 Å². The van der Waals surface area contributed by atoms with E-state index in [0.717, 1.165) is 17.7 Å². The lowest BCUT2D eigenvalue weighted by atomic mass is 10.0. The van der Waals surface area contributed by atoms with Crippen molar-refractivity contribution in [2.45, 2.75) is 25.3 Å². The number of alkyl halides is 3. The third kappa shape index (κ3) is 4.16. The first-order valence-electron chi connectivity index (χ1n) is 8.26. The molecule has 0 aliphatic carbocycles. The van der Waals surface area contributed by atoms with Crippen molar-refractivity contribution < 1.29 is 22.7 Å². The number of nitrogens with zero attached hydrogens (tertiary/aromatic N) is 1. The Labute approximate surface area is 149 Å². The standard InChI is InChI=1S/C19H19F3N2O2/c20-19(21,22)17-10-14(23)6-7-16(17)18(25)24-9-8-15(11-24)26-12-13-4-2-1-3-5-13/h1-7,10,15H,8-9,11-12,23H2/t15-/m0/s1. The monoisotopic (exact) mass is 364 g/mol. The summed E-state index contributed by atoms with van der Waals surface area (Å²) in [5.74, 6) is -0.650. The van der Waals surface area contributed by atoms with Crippen molar-refractivity contribution in [2.75, 3.05) is 18.8 Å². The maximum absolute atomic E-state index is 13.2. The van der Waals surface area contributed by atoms with Gasteiger partial charge in [-0.15, -0.1) is 0 Å². The Kier molecular flexibility index (Phi) is 5.18. The molecule has 4 nitrogen and oxygen atoms in total. The number of amides is 1. The van der Waals surface area contributed by atoms with Crippen LogP contribution >= 0.6 is 0 Å². The highest BCUT2D eigenvalue weighted by Gasteiger charge is 2.37. The van der Waals surface area contributed by atoms with Gasteiger partial charge in [0.05, 0.1) is 23.8 Å². The molecule has 1 saturated heterocycles. The van der Waals surface area contributed by atoms with Crippen LogP contribution in [0.4, 0.5) is 18.9 Å². The van der Waals surface area contributed by atoms with Crippen LogP contribution in [0.5, 0.6) is 0 Å². The summed E-state index contributed by atoms with van der Waals surface area (Å²) in [5.41, 5.74) is 5.05. The zero-order chi connectivity index (χ0) is 18.7. The van der Waals surface area contributed by atoms with E-state index in [2.05, 4.69) is 0 Å². The third-order valence-corrected chi connectivity index (χ3v) is 4.34. The molecule has 0 unspecified atom stereocenters. The second-order valence-corrected chi connectivity index (χ2v) is 6.26. The second kappa shape index (κ2) is 7.37. The summed E-state index contributed by atoms with van der Waals surface area (Å²) in [7, 11) is 0. The van der Waals surface area contributed by atoms with Crippen LogP contribution in [0.15, 0.2) is 48.5 Å². The molecule has 3 rings (SSSR count). The summed E-state index contributed by atoms with van der Waals surface area (Å²) in [6, 6.07) is 12.8. The van der Waals surface area contributed by atoms with E-state index in [1.54, 1.807) is 0 Å². The summed E-state index contributed by atoms with van der Waals surface area (Å²) in [5, 5.41) is 0. The van der Waals surface area contributed by atoms with E-state index >= 15 is 0 Å². The Balaban J connectivity index is 1.66. The van der Waals surface area contributed by atoms with E-state index in [-0.39, 0.29) is 23.9 Å². The van der Waals surface area contributed by atoms with Gasteiger partial charge in [-0.25, -0.2) is 0 Å². The fraction of sp³-hybridized carbons (Fsp3) is 0.316. The van der Waals surface area contributed by atoms with E-state index in [9.17, 15) is 18.0 Å². The van der Waals surface area contributed by atoms with Gasteiger partial charge in [-0.05, 0) is 30.2 Å². The largest absolute Gasteiger partial charge is 0.417 e. The molecular weight excluding hydrogens is 345 g/mol. The summed E-state index contributed by atoms with van der Waals surface area (Å²) in [6.07, 6.45) is -4.24. The van der Waals surface area contributed by atoms with Crippen molar-refractivity contribution >= 4 is 11.6 Å². The third-order valence-electron chi connectivity index (χ3n) is 4.34. The molecule has 1 amide bonds. The molecule has 2 aromatic rings. The van der Waals surface area contributed by atoms with Crippen LogP contribution in [0.1, 0.15) is 27.9 Å². The predicted molar refractivity (Wildman–Crippen MR) is 91.4 cm³/mol. The number of carbonyl (C=O) groups excluding carboxylic acids is 1. The minimum atomic E-state index is -4.64. The highest BCUT2D eigenvalue weighted by molar-refractivity contribution is 5.96. The molecule has 1 aliphatic rings.